The Morgan fingerprint density at radius 2 is 2.10 bits per heavy atom. The number of carboxylic acids is 1. The monoisotopic (exact) mass is 310 g/mol. The molecule has 1 aromatic carbocycles. The van der Waals surface area contributed by atoms with Crippen molar-refractivity contribution in [2.45, 2.75) is 39.0 Å². The average molecular weight is 311 g/mol. The van der Waals surface area contributed by atoms with E-state index in [0.717, 1.165) is 24.8 Å². The molecule has 0 bridgehead atoms. The first-order valence-corrected chi connectivity index (χ1v) is 7.88. The lowest BCUT2D eigenvalue weighted by molar-refractivity contribution is -0.144. The lowest BCUT2D eigenvalue weighted by Gasteiger charge is -2.36. The summed E-state index contributed by atoms with van der Waals surface area (Å²) >= 11 is 6.07. The average Bonchev–Trinajstić information content (AvgIpc) is 2.47. The molecule has 21 heavy (non-hydrogen) atoms. The summed E-state index contributed by atoms with van der Waals surface area (Å²) in [5.41, 5.74) is 1.02. The van der Waals surface area contributed by atoms with Crippen LogP contribution >= 0.6 is 11.6 Å². The number of hydrogen-bond donors (Lipinski definition) is 1. The number of rotatable bonds is 4. The third-order valence-electron chi connectivity index (χ3n) is 4.75. The molecular formula is C17H23ClO3. The van der Waals surface area contributed by atoms with Crippen molar-refractivity contribution in [3.05, 3.63) is 28.8 Å². The quantitative estimate of drug-likeness (QED) is 0.884. The topological polar surface area (TPSA) is 46.5 Å². The first-order chi connectivity index (χ1) is 9.93. The molecular weight excluding hydrogens is 288 g/mol. The fourth-order valence-corrected chi connectivity index (χ4v) is 3.57. The molecule has 2 rings (SSSR count). The molecule has 4 heteroatoms. The molecule has 1 N–H and O–H groups in total. The van der Waals surface area contributed by atoms with E-state index in [1.165, 1.54) is 0 Å². The van der Waals surface area contributed by atoms with Gasteiger partial charge in [-0.1, -0.05) is 31.5 Å². The van der Waals surface area contributed by atoms with Crippen molar-refractivity contribution < 1.29 is 14.6 Å². The minimum atomic E-state index is -0.698. The number of hydrogen-bond acceptors (Lipinski definition) is 2. The zero-order chi connectivity index (χ0) is 15.6. The summed E-state index contributed by atoms with van der Waals surface area (Å²) in [6.07, 6.45) is 2.66. The van der Waals surface area contributed by atoms with Gasteiger partial charge in [-0.05, 0) is 54.7 Å². The molecule has 3 unspecified atom stereocenters. The molecule has 0 radical (unpaired) electrons. The third-order valence-corrected chi connectivity index (χ3v) is 5.07. The summed E-state index contributed by atoms with van der Waals surface area (Å²) in [7, 11) is 1.58. The molecule has 1 aromatic rings. The lowest BCUT2D eigenvalue weighted by atomic mass is 9.68. The van der Waals surface area contributed by atoms with Gasteiger partial charge >= 0.3 is 5.97 Å². The van der Waals surface area contributed by atoms with E-state index in [2.05, 4.69) is 13.8 Å². The predicted molar refractivity (Wildman–Crippen MR) is 84.0 cm³/mol. The van der Waals surface area contributed by atoms with Crippen molar-refractivity contribution in [2.75, 3.05) is 7.11 Å². The van der Waals surface area contributed by atoms with Gasteiger partial charge in [0.2, 0.25) is 0 Å². The van der Waals surface area contributed by atoms with E-state index in [1.54, 1.807) is 13.2 Å². The van der Waals surface area contributed by atoms with Gasteiger partial charge in [0.15, 0.2) is 0 Å². The van der Waals surface area contributed by atoms with Crippen molar-refractivity contribution in [2.24, 2.45) is 17.8 Å². The number of halogens is 1. The van der Waals surface area contributed by atoms with Crippen LogP contribution in [-0.4, -0.2) is 18.2 Å². The SMILES string of the molecule is COc1cc(C2CC(C(C)C)CCC2C(=O)O)ccc1Cl. The number of carbonyl (C=O) groups is 1. The molecule has 1 aliphatic carbocycles. The van der Waals surface area contributed by atoms with Crippen LogP contribution in [0.5, 0.6) is 5.75 Å². The molecule has 0 amide bonds. The minimum Gasteiger partial charge on any atom is -0.495 e. The molecule has 0 spiro atoms. The second-order valence-electron chi connectivity index (χ2n) is 6.26. The van der Waals surface area contributed by atoms with Gasteiger partial charge in [-0.2, -0.15) is 0 Å². The van der Waals surface area contributed by atoms with Gasteiger partial charge < -0.3 is 9.84 Å². The molecule has 3 atom stereocenters. The van der Waals surface area contributed by atoms with E-state index < -0.39 is 5.97 Å². The Bertz CT molecular complexity index is 513. The smallest absolute Gasteiger partial charge is 0.307 e. The van der Waals surface area contributed by atoms with Gasteiger partial charge in [-0.25, -0.2) is 0 Å². The van der Waals surface area contributed by atoms with E-state index in [0.29, 0.717) is 22.6 Å². The Labute approximate surface area is 131 Å². The van der Waals surface area contributed by atoms with Gasteiger partial charge in [0, 0.05) is 0 Å². The molecule has 1 fully saturated rings. The standard InChI is InChI=1S/C17H23ClO3/c1-10(2)11-4-6-13(17(19)20)14(8-11)12-5-7-15(18)16(9-12)21-3/h5,7,9-11,13-14H,4,6,8H2,1-3H3,(H,19,20). The second-order valence-corrected chi connectivity index (χ2v) is 6.67. The van der Waals surface area contributed by atoms with E-state index in [9.17, 15) is 9.90 Å². The predicted octanol–water partition coefficient (Wildman–Crippen LogP) is 4.59. The molecule has 1 saturated carbocycles. The maximum atomic E-state index is 11.6. The van der Waals surface area contributed by atoms with Crippen molar-refractivity contribution >= 4 is 17.6 Å². The van der Waals surface area contributed by atoms with Crippen LogP contribution in [0.4, 0.5) is 0 Å². The maximum absolute atomic E-state index is 11.6. The molecule has 0 aromatic heterocycles. The lowest BCUT2D eigenvalue weighted by Crippen LogP contribution is -2.31. The molecule has 3 nitrogen and oxygen atoms in total. The van der Waals surface area contributed by atoms with E-state index in [-0.39, 0.29) is 11.8 Å². The highest BCUT2D eigenvalue weighted by Crippen LogP contribution is 2.44. The number of carboxylic acid groups (broad SMARTS) is 1. The first kappa shape index (κ1) is 16.2. The summed E-state index contributed by atoms with van der Waals surface area (Å²) in [5.74, 6) is 0.797. The molecule has 116 valence electrons. The number of benzene rings is 1. The minimum absolute atomic E-state index is 0.0369. The van der Waals surface area contributed by atoms with Crippen molar-refractivity contribution in [3.8, 4) is 5.75 Å². The van der Waals surface area contributed by atoms with Crippen LogP contribution < -0.4 is 4.74 Å². The van der Waals surface area contributed by atoms with Crippen LogP contribution in [0.2, 0.25) is 5.02 Å². The Morgan fingerprint density at radius 1 is 1.38 bits per heavy atom. The Balaban J connectivity index is 2.33. The largest absolute Gasteiger partial charge is 0.495 e. The van der Waals surface area contributed by atoms with E-state index >= 15 is 0 Å². The Kier molecular flexibility index (Phi) is 5.15. The molecule has 0 heterocycles. The summed E-state index contributed by atoms with van der Waals surface area (Å²) in [5, 5.41) is 10.1. The van der Waals surface area contributed by atoms with Crippen molar-refractivity contribution in [1.82, 2.24) is 0 Å². The van der Waals surface area contributed by atoms with E-state index in [4.69, 9.17) is 16.3 Å². The van der Waals surface area contributed by atoms with Crippen LogP contribution in [0.1, 0.15) is 44.6 Å². The van der Waals surface area contributed by atoms with Crippen LogP contribution in [-0.2, 0) is 4.79 Å². The van der Waals surface area contributed by atoms with Gasteiger partial charge in [0.25, 0.3) is 0 Å². The molecule has 1 aliphatic rings. The van der Waals surface area contributed by atoms with Crippen LogP contribution in [0.25, 0.3) is 0 Å². The molecule has 0 saturated heterocycles. The number of aliphatic carboxylic acids is 1. The third kappa shape index (κ3) is 3.52. The zero-order valence-corrected chi connectivity index (χ0v) is 13.6. The Morgan fingerprint density at radius 3 is 2.67 bits per heavy atom. The fourth-order valence-electron chi connectivity index (χ4n) is 3.38. The first-order valence-electron chi connectivity index (χ1n) is 7.50. The van der Waals surface area contributed by atoms with Gasteiger partial charge in [-0.15, -0.1) is 0 Å². The Hall–Kier alpha value is -1.22. The summed E-state index contributed by atoms with van der Waals surface area (Å²) in [6, 6.07) is 5.63. The van der Waals surface area contributed by atoms with Crippen LogP contribution in [0, 0.1) is 17.8 Å². The van der Waals surface area contributed by atoms with Gasteiger partial charge in [0.1, 0.15) is 5.75 Å². The highest BCUT2D eigenvalue weighted by molar-refractivity contribution is 6.32. The van der Waals surface area contributed by atoms with Gasteiger partial charge in [0.05, 0.1) is 18.1 Å². The second kappa shape index (κ2) is 6.69. The van der Waals surface area contributed by atoms with Crippen molar-refractivity contribution in [1.29, 1.82) is 0 Å². The summed E-state index contributed by atoms with van der Waals surface area (Å²) in [6.45, 7) is 4.43. The molecule has 0 aliphatic heterocycles. The highest BCUT2D eigenvalue weighted by atomic mass is 35.5. The highest BCUT2D eigenvalue weighted by Gasteiger charge is 2.37. The summed E-state index contributed by atoms with van der Waals surface area (Å²) < 4.78 is 5.27. The van der Waals surface area contributed by atoms with Crippen molar-refractivity contribution in [3.63, 3.8) is 0 Å². The maximum Gasteiger partial charge on any atom is 0.307 e. The normalized spacial score (nSPS) is 25.9. The van der Waals surface area contributed by atoms with Crippen LogP contribution in [0.3, 0.4) is 0 Å². The zero-order valence-electron chi connectivity index (χ0n) is 12.8. The fraction of sp³-hybridized carbons (Fsp3) is 0.588. The number of ether oxygens (including phenoxy) is 1. The van der Waals surface area contributed by atoms with E-state index in [1.807, 2.05) is 12.1 Å². The summed E-state index contributed by atoms with van der Waals surface area (Å²) in [4.78, 5) is 11.6. The number of methoxy groups -OCH3 is 1. The van der Waals surface area contributed by atoms with Crippen LogP contribution in [0.15, 0.2) is 18.2 Å². The van der Waals surface area contributed by atoms with Gasteiger partial charge in [-0.3, -0.25) is 4.79 Å².